The van der Waals surface area contributed by atoms with Gasteiger partial charge in [-0.3, -0.25) is 9.78 Å². The molecule has 0 aliphatic rings. The summed E-state index contributed by atoms with van der Waals surface area (Å²) in [4.78, 5) is 17.0. The van der Waals surface area contributed by atoms with Crippen LogP contribution in [0.4, 0.5) is 5.69 Å². The normalized spacial score (nSPS) is 10.6. The van der Waals surface area contributed by atoms with E-state index in [9.17, 15) is 4.79 Å². The molecular weight excluding hydrogens is 420 g/mol. The largest absolute Gasteiger partial charge is 0.490 e. The van der Waals surface area contributed by atoms with E-state index in [0.29, 0.717) is 41.8 Å². The van der Waals surface area contributed by atoms with Gasteiger partial charge in [0.1, 0.15) is 6.61 Å². The molecule has 0 fully saturated rings. The summed E-state index contributed by atoms with van der Waals surface area (Å²) in [5.41, 5.74) is 3.80. The highest BCUT2D eigenvalue weighted by atomic mass is 16.5. The number of carbonyl (C=O) groups excluding carboxylic acids is 1. The van der Waals surface area contributed by atoms with Crippen LogP contribution in [0, 0.1) is 13.8 Å². The number of pyridine rings is 1. The van der Waals surface area contributed by atoms with Gasteiger partial charge in [-0.25, -0.2) is 0 Å². The van der Waals surface area contributed by atoms with E-state index in [1.807, 2.05) is 51.1 Å². The maximum atomic E-state index is 12.9. The Morgan fingerprint density at radius 1 is 1.06 bits per heavy atom. The molecule has 1 N–H and O–H groups in total. The number of rotatable bonds is 8. The van der Waals surface area contributed by atoms with Crippen LogP contribution in [-0.4, -0.2) is 37.7 Å². The van der Waals surface area contributed by atoms with E-state index in [1.54, 1.807) is 35.3 Å². The lowest BCUT2D eigenvalue weighted by Gasteiger charge is -2.14. The molecule has 0 bridgehead atoms. The molecule has 2 aromatic carbocycles. The Bertz CT molecular complexity index is 1260. The van der Waals surface area contributed by atoms with E-state index in [0.717, 1.165) is 16.8 Å². The van der Waals surface area contributed by atoms with Crippen molar-refractivity contribution in [3.8, 4) is 17.2 Å². The van der Waals surface area contributed by atoms with Gasteiger partial charge in [0, 0.05) is 29.2 Å². The van der Waals surface area contributed by atoms with E-state index in [4.69, 9.17) is 9.47 Å². The molecule has 0 spiro atoms. The molecule has 2 heterocycles. The fourth-order valence-electron chi connectivity index (χ4n) is 3.25. The first-order valence-electron chi connectivity index (χ1n) is 10.5. The van der Waals surface area contributed by atoms with Crippen molar-refractivity contribution in [2.45, 2.75) is 27.4 Å². The number of aromatic nitrogens is 5. The van der Waals surface area contributed by atoms with E-state index in [1.165, 1.54) is 0 Å². The minimum Gasteiger partial charge on any atom is -0.490 e. The van der Waals surface area contributed by atoms with Crippen molar-refractivity contribution in [2.75, 3.05) is 11.9 Å². The second-order valence-corrected chi connectivity index (χ2v) is 7.34. The van der Waals surface area contributed by atoms with Gasteiger partial charge in [0.2, 0.25) is 0 Å². The molecule has 33 heavy (non-hydrogen) atoms. The number of hydrogen-bond donors (Lipinski definition) is 1. The topological polar surface area (TPSA) is 104 Å². The van der Waals surface area contributed by atoms with Crippen LogP contribution < -0.4 is 14.8 Å². The summed E-state index contributed by atoms with van der Waals surface area (Å²) in [5, 5.41) is 14.6. The van der Waals surface area contributed by atoms with Gasteiger partial charge in [-0.15, -0.1) is 5.10 Å². The number of tetrazole rings is 1. The Balaban J connectivity index is 1.52. The summed E-state index contributed by atoms with van der Waals surface area (Å²) >= 11 is 0. The summed E-state index contributed by atoms with van der Waals surface area (Å²) in [5.74, 6) is 1.45. The van der Waals surface area contributed by atoms with Gasteiger partial charge in [-0.1, -0.05) is 12.1 Å². The van der Waals surface area contributed by atoms with Crippen LogP contribution in [0.5, 0.6) is 11.5 Å². The Morgan fingerprint density at radius 3 is 2.67 bits per heavy atom. The number of aryl methyl sites for hydroxylation is 2. The predicted octanol–water partition coefficient (Wildman–Crippen LogP) is 3.90. The number of anilines is 1. The molecule has 0 atom stereocenters. The third-order valence-electron chi connectivity index (χ3n) is 4.94. The SMILES string of the molecule is CCOc1cc(C(=O)Nc2ccc(C)c(-n3nnnc3C)c2)ccc1OCc1cccnc1. The molecule has 4 aromatic rings. The molecule has 0 radical (unpaired) electrons. The van der Waals surface area contributed by atoms with Gasteiger partial charge in [0.15, 0.2) is 17.3 Å². The van der Waals surface area contributed by atoms with Crippen LogP contribution in [0.2, 0.25) is 0 Å². The average molecular weight is 444 g/mol. The Morgan fingerprint density at radius 2 is 1.94 bits per heavy atom. The maximum Gasteiger partial charge on any atom is 0.255 e. The van der Waals surface area contributed by atoms with Crippen LogP contribution in [0.15, 0.2) is 60.9 Å². The van der Waals surface area contributed by atoms with Crippen molar-refractivity contribution in [2.24, 2.45) is 0 Å². The van der Waals surface area contributed by atoms with Crippen LogP contribution in [0.25, 0.3) is 5.69 Å². The van der Waals surface area contributed by atoms with Crippen molar-refractivity contribution >= 4 is 11.6 Å². The predicted molar refractivity (Wildman–Crippen MR) is 123 cm³/mol. The summed E-state index contributed by atoms with van der Waals surface area (Å²) < 4.78 is 13.2. The van der Waals surface area contributed by atoms with Gasteiger partial charge in [-0.2, -0.15) is 4.68 Å². The zero-order chi connectivity index (χ0) is 23.2. The van der Waals surface area contributed by atoms with Gasteiger partial charge < -0.3 is 14.8 Å². The van der Waals surface area contributed by atoms with Crippen molar-refractivity contribution in [1.29, 1.82) is 0 Å². The highest BCUT2D eigenvalue weighted by Gasteiger charge is 2.14. The van der Waals surface area contributed by atoms with Crippen LogP contribution in [0.3, 0.4) is 0 Å². The molecule has 0 unspecified atom stereocenters. The number of benzene rings is 2. The first-order chi connectivity index (χ1) is 16.0. The molecule has 0 saturated heterocycles. The summed E-state index contributed by atoms with van der Waals surface area (Å²) in [6.45, 7) is 6.45. The summed E-state index contributed by atoms with van der Waals surface area (Å²) in [6, 6.07) is 14.5. The molecule has 9 heteroatoms. The third-order valence-corrected chi connectivity index (χ3v) is 4.94. The van der Waals surface area contributed by atoms with Crippen LogP contribution >= 0.6 is 0 Å². The first-order valence-corrected chi connectivity index (χ1v) is 10.5. The molecule has 1 amide bonds. The lowest BCUT2D eigenvalue weighted by atomic mass is 10.1. The quantitative estimate of drug-likeness (QED) is 0.439. The molecule has 0 saturated carbocycles. The fraction of sp³-hybridized carbons (Fsp3) is 0.208. The summed E-state index contributed by atoms with van der Waals surface area (Å²) in [6.07, 6.45) is 3.46. The van der Waals surface area contributed by atoms with Gasteiger partial charge in [0.05, 0.1) is 12.3 Å². The smallest absolute Gasteiger partial charge is 0.255 e. The lowest BCUT2D eigenvalue weighted by Crippen LogP contribution is -2.13. The molecular formula is C24H24N6O3. The Kier molecular flexibility index (Phi) is 6.58. The highest BCUT2D eigenvalue weighted by Crippen LogP contribution is 2.30. The average Bonchev–Trinajstić information content (AvgIpc) is 3.26. The molecule has 0 aliphatic carbocycles. The van der Waals surface area contributed by atoms with Gasteiger partial charge in [-0.05, 0) is 73.2 Å². The summed E-state index contributed by atoms with van der Waals surface area (Å²) in [7, 11) is 0. The van der Waals surface area contributed by atoms with E-state index in [2.05, 4.69) is 25.8 Å². The van der Waals surface area contributed by atoms with E-state index in [-0.39, 0.29) is 5.91 Å². The Hall–Kier alpha value is -4.27. The van der Waals surface area contributed by atoms with Crippen molar-refractivity contribution in [3.05, 3.63) is 83.4 Å². The molecule has 4 rings (SSSR count). The second-order valence-electron chi connectivity index (χ2n) is 7.34. The number of nitrogens with one attached hydrogen (secondary N) is 1. The van der Waals surface area contributed by atoms with Crippen LogP contribution in [-0.2, 0) is 6.61 Å². The third kappa shape index (κ3) is 5.15. The maximum absolute atomic E-state index is 12.9. The standard InChI is InChI=1S/C24H24N6O3/c1-4-32-23-12-19(8-10-22(23)33-15-18-6-5-11-25-14-18)24(31)26-20-9-7-16(2)21(13-20)30-17(3)27-28-29-30/h5-14H,4,15H2,1-3H3,(H,26,31). The number of carbonyl (C=O) groups is 1. The zero-order valence-corrected chi connectivity index (χ0v) is 18.6. The number of nitrogens with zero attached hydrogens (tertiary/aromatic N) is 5. The van der Waals surface area contributed by atoms with Crippen molar-refractivity contribution < 1.29 is 14.3 Å². The number of hydrogen-bond acceptors (Lipinski definition) is 7. The van der Waals surface area contributed by atoms with Crippen LogP contribution in [0.1, 0.15) is 34.2 Å². The lowest BCUT2D eigenvalue weighted by molar-refractivity contribution is 0.102. The van der Waals surface area contributed by atoms with E-state index < -0.39 is 0 Å². The van der Waals surface area contributed by atoms with Gasteiger partial charge >= 0.3 is 0 Å². The Labute approximate surface area is 191 Å². The molecule has 2 aromatic heterocycles. The highest BCUT2D eigenvalue weighted by molar-refractivity contribution is 6.04. The minimum absolute atomic E-state index is 0.266. The number of ether oxygens (including phenoxy) is 2. The molecule has 0 aliphatic heterocycles. The second kappa shape index (κ2) is 9.90. The fourth-order valence-corrected chi connectivity index (χ4v) is 3.25. The van der Waals surface area contributed by atoms with Crippen molar-refractivity contribution in [1.82, 2.24) is 25.2 Å². The number of amides is 1. The first kappa shape index (κ1) is 21.9. The monoisotopic (exact) mass is 444 g/mol. The van der Waals surface area contributed by atoms with Crippen molar-refractivity contribution in [3.63, 3.8) is 0 Å². The van der Waals surface area contributed by atoms with E-state index >= 15 is 0 Å². The molecule has 9 nitrogen and oxygen atoms in total. The molecule has 168 valence electrons. The minimum atomic E-state index is -0.266. The zero-order valence-electron chi connectivity index (χ0n) is 18.6. The van der Waals surface area contributed by atoms with Gasteiger partial charge in [0.25, 0.3) is 5.91 Å².